The first-order valence-electron chi connectivity index (χ1n) is 4.89. The van der Waals surface area contributed by atoms with Gasteiger partial charge in [-0.1, -0.05) is 18.2 Å². The van der Waals surface area contributed by atoms with Gasteiger partial charge >= 0.3 is 5.54 Å². The average molecular weight is 279 g/mol. The van der Waals surface area contributed by atoms with Crippen LogP contribution in [0.3, 0.4) is 0 Å². The maximum absolute atomic E-state index is 10.9. The van der Waals surface area contributed by atoms with Gasteiger partial charge in [0.1, 0.15) is 17.8 Å². The second-order valence-electron chi connectivity index (χ2n) is 3.27. The second-order valence-corrected chi connectivity index (χ2v) is 3.54. The normalized spacial score (nSPS) is 10.7. The number of hydrogen-bond donors (Lipinski definition) is 0. The highest BCUT2D eigenvalue weighted by Gasteiger charge is 2.46. The molecular weight excluding hydrogens is 272 g/mol. The maximum atomic E-state index is 10.9. The van der Waals surface area contributed by atoms with Crippen molar-refractivity contribution in [2.75, 3.05) is 5.88 Å². The van der Waals surface area contributed by atoms with Crippen molar-refractivity contribution in [2.24, 2.45) is 10.3 Å². The molecule has 1 rings (SSSR count). The molecule has 0 bridgehead atoms. The first-order valence-corrected chi connectivity index (χ1v) is 5.43. The first-order chi connectivity index (χ1) is 9.09. The topological polar surface area (TPSA) is 119 Å². The number of nitriles is 2. The second kappa shape index (κ2) is 6.28. The number of nitrogens with zero attached hydrogens (tertiary/aromatic N) is 6. The van der Waals surface area contributed by atoms with E-state index in [1.807, 2.05) is 0 Å². The van der Waals surface area contributed by atoms with Crippen molar-refractivity contribution in [3.05, 3.63) is 40.4 Å². The Morgan fingerprint density at radius 1 is 1.37 bits per heavy atom. The zero-order valence-electron chi connectivity index (χ0n) is 9.47. The Kier molecular flexibility index (Phi) is 4.75. The van der Waals surface area contributed by atoms with Gasteiger partial charge in [0.25, 0.3) is 0 Å². The Labute approximate surface area is 113 Å². The van der Waals surface area contributed by atoms with Gasteiger partial charge in [0.05, 0.1) is 16.0 Å². The van der Waals surface area contributed by atoms with Crippen molar-refractivity contribution in [3.63, 3.8) is 0 Å². The molecule has 0 atom stereocenters. The molecule has 1 aromatic carbocycles. The van der Waals surface area contributed by atoms with E-state index in [-0.39, 0.29) is 5.12 Å². The molecule has 0 spiro atoms. The number of halogens is 1. The highest BCUT2D eigenvalue weighted by molar-refractivity contribution is 6.19. The van der Waals surface area contributed by atoms with Crippen LogP contribution in [0.1, 0.15) is 0 Å². The van der Waals surface area contributed by atoms with Crippen LogP contribution < -0.4 is 0 Å². The average Bonchev–Trinajstić information content (AvgIpc) is 2.44. The Hall–Kier alpha value is -2.71. The molecule has 0 saturated carbocycles. The number of hydrazine groups is 1. The van der Waals surface area contributed by atoms with E-state index in [2.05, 4.69) is 10.3 Å². The zero-order chi connectivity index (χ0) is 14.3. The summed E-state index contributed by atoms with van der Waals surface area (Å²) in [5.74, 6) is -0.602. The van der Waals surface area contributed by atoms with Gasteiger partial charge in [-0.3, -0.25) is 0 Å². The molecule has 19 heavy (non-hydrogen) atoms. The Balaban J connectivity index is 3.11. The molecule has 0 aliphatic carbocycles. The van der Waals surface area contributed by atoms with E-state index in [0.717, 1.165) is 0 Å². The first kappa shape index (κ1) is 14.4. The summed E-state index contributed by atoms with van der Waals surface area (Å²) < 4.78 is 0. The van der Waals surface area contributed by atoms with Gasteiger partial charge in [0, 0.05) is 0 Å². The van der Waals surface area contributed by atoms with E-state index < -0.39 is 16.5 Å². The Morgan fingerprint density at radius 3 is 2.37 bits per heavy atom. The molecule has 9 heteroatoms. The van der Waals surface area contributed by atoms with E-state index >= 15 is 0 Å². The molecular formula is C10H7ClN6O2. The molecule has 0 aromatic heterocycles. The van der Waals surface area contributed by atoms with Crippen LogP contribution in [0.15, 0.2) is 40.7 Å². The van der Waals surface area contributed by atoms with E-state index in [9.17, 15) is 10.1 Å². The van der Waals surface area contributed by atoms with Crippen LogP contribution in [-0.2, 0) is 0 Å². The molecule has 0 radical (unpaired) electrons. The standard InChI is InChI=1S/C10H7ClN6O2/c11-6-10(7-12,8-13)16(17(18)19)15-14-9-4-2-1-3-5-9/h1-5H,6H2. The molecule has 0 aliphatic heterocycles. The van der Waals surface area contributed by atoms with Crippen LogP contribution in [0.2, 0.25) is 0 Å². The summed E-state index contributed by atoms with van der Waals surface area (Å²) in [5, 5.41) is 34.6. The van der Waals surface area contributed by atoms with E-state index in [1.54, 1.807) is 30.3 Å². The monoisotopic (exact) mass is 278 g/mol. The van der Waals surface area contributed by atoms with E-state index in [0.29, 0.717) is 5.69 Å². The molecule has 0 heterocycles. The predicted molar refractivity (Wildman–Crippen MR) is 64.5 cm³/mol. The largest absolute Gasteiger partial charge is 0.339 e. The van der Waals surface area contributed by atoms with Gasteiger partial charge < -0.3 is 10.1 Å². The van der Waals surface area contributed by atoms with Crippen LogP contribution in [0.5, 0.6) is 0 Å². The van der Waals surface area contributed by atoms with Crippen LogP contribution in [0, 0.1) is 32.8 Å². The summed E-state index contributed by atoms with van der Waals surface area (Å²) in [4.78, 5) is 10.9. The molecule has 1 aromatic rings. The van der Waals surface area contributed by atoms with Crippen molar-refractivity contribution < 1.29 is 5.03 Å². The molecule has 0 unspecified atom stereocenters. The third-order valence-electron chi connectivity index (χ3n) is 2.06. The molecule has 0 amide bonds. The van der Waals surface area contributed by atoms with Crippen molar-refractivity contribution >= 4 is 17.3 Å². The molecule has 0 fully saturated rings. The summed E-state index contributed by atoms with van der Waals surface area (Å²) >= 11 is 5.45. The lowest BCUT2D eigenvalue weighted by atomic mass is 10.1. The number of nitro groups is 1. The third kappa shape index (κ3) is 3.15. The van der Waals surface area contributed by atoms with Gasteiger partial charge in [0.2, 0.25) is 0 Å². The molecule has 0 aliphatic rings. The van der Waals surface area contributed by atoms with Gasteiger partial charge in [-0.15, -0.1) is 11.6 Å². The Bertz CT molecular complexity index is 548. The summed E-state index contributed by atoms with van der Waals surface area (Å²) in [5.41, 5.74) is -1.86. The molecule has 0 saturated heterocycles. The van der Waals surface area contributed by atoms with Gasteiger partial charge in [-0.05, 0) is 17.2 Å². The highest BCUT2D eigenvalue weighted by Crippen LogP contribution is 2.19. The number of rotatable bonds is 5. The van der Waals surface area contributed by atoms with Crippen molar-refractivity contribution in [2.45, 2.75) is 5.54 Å². The third-order valence-corrected chi connectivity index (χ3v) is 2.45. The van der Waals surface area contributed by atoms with E-state index in [1.165, 1.54) is 12.1 Å². The minimum absolute atomic E-state index is 0.0486. The van der Waals surface area contributed by atoms with Gasteiger partial charge in [-0.25, -0.2) is 0 Å². The number of benzene rings is 1. The molecule has 96 valence electrons. The maximum Gasteiger partial charge on any atom is 0.310 e. The van der Waals surface area contributed by atoms with Gasteiger partial charge in [0.15, 0.2) is 5.22 Å². The Morgan fingerprint density at radius 2 is 1.95 bits per heavy atom. The fourth-order valence-electron chi connectivity index (χ4n) is 1.06. The summed E-state index contributed by atoms with van der Waals surface area (Å²) in [7, 11) is 0. The van der Waals surface area contributed by atoms with Crippen LogP contribution in [-0.4, -0.2) is 21.6 Å². The zero-order valence-corrected chi connectivity index (χ0v) is 10.2. The fraction of sp³-hybridized carbons (Fsp3) is 0.200. The van der Waals surface area contributed by atoms with Crippen LogP contribution in [0.4, 0.5) is 5.69 Å². The van der Waals surface area contributed by atoms with Crippen molar-refractivity contribution in [3.8, 4) is 12.1 Å². The number of hydrogen-bond acceptors (Lipinski definition) is 6. The summed E-state index contributed by atoms with van der Waals surface area (Å²) in [6.07, 6.45) is 0. The lowest BCUT2D eigenvalue weighted by Crippen LogP contribution is -2.48. The van der Waals surface area contributed by atoms with Crippen LogP contribution in [0.25, 0.3) is 0 Å². The van der Waals surface area contributed by atoms with Crippen molar-refractivity contribution in [1.29, 1.82) is 10.5 Å². The minimum atomic E-state index is -2.21. The quantitative estimate of drug-likeness (QED) is 0.354. The minimum Gasteiger partial charge on any atom is -0.339 e. The molecule has 8 nitrogen and oxygen atoms in total. The van der Waals surface area contributed by atoms with Crippen molar-refractivity contribution in [1.82, 2.24) is 5.12 Å². The predicted octanol–water partition coefficient (Wildman–Crippen LogP) is 2.20. The SMILES string of the molecule is N#CC(C#N)(CCl)N(N=Nc1ccccc1)[N+](=O)[O-]. The fourth-order valence-corrected chi connectivity index (χ4v) is 1.29. The van der Waals surface area contributed by atoms with Gasteiger partial charge in [-0.2, -0.15) is 10.5 Å². The summed E-state index contributed by atoms with van der Waals surface area (Å²) in [6, 6.07) is 11.1. The lowest BCUT2D eigenvalue weighted by molar-refractivity contribution is -0.669. The lowest BCUT2D eigenvalue weighted by Gasteiger charge is -2.17. The smallest absolute Gasteiger partial charge is 0.310 e. The summed E-state index contributed by atoms with van der Waals surface area (Å²) in [6.45, 7) is 0. The van der Waals surface area contributed by atoms with E-state index in [4.69, 9.17) is 22.1 Å². The highest BCUT2D eigenvalue weighted by atomic mass is 35.5. The molecule has 0 N–H and O–H groups in total. The number of alkyl halides is 1. The van der Waals surface area contributed by atoms with Crippen LogP contribution >= 0.6 is 11.6 Å².